The summed E-state index contributed by atoms with van der Waals surface area (Å²) in [6.45, 7) is 3.34. The first-order chi connectivity index (χ1) is 12.2. The van der Waals surface area contributed by atoms with Crippen LogP contribution in [0.15, 0.2) is 35.5 Å². The molecule has 0 atom stereocenters. The molecule has 9 heteroatoms. The van der Waals surface area contributed by atoms with Gasteiger partial charge in [-0.05, 0) is 5.56 Å². The lowest BCUT2D eigenvalue weighted by Gasteiger charge is -2.27. The number of nitrogens with two attached hydrogens (primary N) is 1. The molecule has 0 bridgehead atoms. The zero-order valence-electron chi connectivity index (χ0n) is 13.7. The lowest BCUT2D eigenvalue weighted by atomic mass is 10.2. The van der Waals surface area contributed by atoms with Crippen LogP contribution in [0.1, 0.15) is 5.56 Å². The number of carbonyl (C=O) groups excluding carboxylic acids is 1. The molecule has 2 aromatic rings. The van der Waals surface area contributed by atoms with Crippen LogP contribution in [0.4, 0.5) is 11.9 Å². The summed E-state index contributed by atoms with van der Waals surface area (Å²) in [7, 11) is 0. The Hall–Kier alpha value is -2.39. The summed E-state index contributed by atoms with van der Waals surface area (Å²) in [5, 5.41) is 3.70. The Kier molecular flexibility index (Phi) is 6.02. The normalized spacial score (nSPS) is 14.3. The van der Waals surface area contributed by atoms with Crippen LogP contribution in [0, 0.1) is 0 Å². The smallest absolute Gasteiger partial charge is 0.231 e. The van der Waals surface area contributed by atoms with Gasteiger partial charge in [-0.15, -0.1) is 0 Å². The van der Waals surface area contributed by atoms with Crippen LogP contribution in [0.25, 0.3) is 0 Å². The van der Waals surface area contributed by atoms with E-state index in [0.717, 1.165) is 18.7 Å². The summed E-state index contributed by atoms with van der Waals surface area (Å²) in [6.07, 6.45) is 0. The summed E-state index contributed by atoms with van der Waals surface area (Å²) in [4.78, 5) is 26.4. The van der Waals surface area contributed by atoms with Gasteiger partial charge in [0.2, 0.25) is 17.8 Å². The fourth-order valence-corrected chi connectivity index (χ4v) is 2.88. The Balaban J connectivity index is 1.76. The average Bonchev–Trinajstić information content (AvgIpc) is 2.66. The number of hydrogen-bond acceptors (Lipinski definition) is 8. The SMILES string of the molecule is NC(=O)CSc1nc(NCc2ccccc2)nc(N2CCOCC2)n1. The zero-order chi connectivity index (χ0) is 17.5. The number of benzene rings is 1. The van der Waals surface area contributed by atoms with Gasteiger partial charge in [-0.3, -0.25) is 4.79 Å². The summed E-state index contributed by atoms with van der Waals surface area (Å²) in [5.41, 5.74) is 6.35. The molecule has 2 heterocycles. The van der Waals surface area contributed by atoms with Crippen LogP contribution in [0.3, 0.4) is 0 Å². The number of morpholine rings is 1. The van der Waals surface area contributed by atoms with Crippen LogP contribution >= 0.6 is 11.8 Å². The molecule has 1 aromatic heterocycles. The van der Waals surface area contributed by atoms with E-state index in [-0.39, 0.29) is 5.75 Å². The summed E-state index contributed by atoms with van der Waals surface area (Å²) < 4.78 is 5.37. The Morgan fingerprint density at radius 2 is 1.96 bits per heavy atom. The molecule has 0 aliphatic carbocycles. The number of hydrogen-bond donors (Lipinski definition) is 2. The molecular weight excluding hydrogens is 340 g/mol. The molecule has 132 valence electrons. The van der Waals surface area contributed by atoms with Crippen LogP contribution in [-0.2, 0) is 16.1 Å². The molecule has 1 amide bonds. The summed E-state index contributed by atoms with van der Waals surface area (Å²) >= 11 is 1.21. The first-order valence-electron chi connectivity index (χ1n) is 7.98. The van der Waals surface area contributed by atoms with E-state index in [2.05, 4.69) is 20.3 Å². The van der Waals surface area contributed by atoms with E-state index in [0.29, 0.717) is 36.8 Å². The van der Waals surface area contributed by atoms with E-state index in [4.69, 9.17) is 10.5 Å². The number of thioether (sulfide) groups is 1. The van der Waals surface area contributed by atoms with E-state index in [1.807, 2.05) is 35.2 Å². The van der Waals surface area contributed by atoms with E-state index >= 15 is 0 Å². The van der Waals surface area contributed by atoms with Gasteiger partial charge in [-0.1, -0.05) is 42.1 Å². The van der Waals surface area contributed by atoms with E-state index in [1.54, 1.807) is 0 Å². The minimum Gasteiger partial charge on any atom is -0.378 e. The Bertz CT molecular complexity index is 709. The minimum atomic E-state index is -0.405. The second-order valence-corrected chi connectivity index (χ2v) is 6.38. The van der Waals surface area contributed by atoms with Crippen molar-refractivity contribution in [2.45, 2.75) is 11.7 Å². The maximum Gasteiger partial charge on any atom is 0.231 e. The van der Waals surface area contributed by atoms with Crippen molar-refractivity contribution in [2.24, 2.45) is 5.73 Å². The number of ether oxygens (including phenoxy) is 1. The van der Waals surface area contributed by atoms with Crippen molar-refractivity contribution in [3.05, 3.63) is 35.9 Å². The number of carbonyl (C=O) groups is 1. The van der Waals surface area contributed by atoms with Crippen LogP contribution < -0.4 is 16.0 Å². The molecule has 0 unspecified atom stereocenters. The van der Waals surface area contributed by atoms with Gasteiger partial charge in [-0.2, -0.15) is 15.0 Å². The molecule has 1 aliphatic rings. The van der Waals surface area contributed by atoms with Crippen LogP contribution in [0.5, 0.6) is 0 Å². The lowest BCUT2D eigenvalue weighted by molar-refractivity contribution is -0.115. The highest BCUT2D eigenvalue weighted by molar-refractivity contribution is 7.99. The number of amides is 1. The number of primary amides is 1. The molecular formula is C16H20N6O2S. The van der Waals surface area contributed by atoms with Gasteiger partial charge in [0.15, 0.2) is 5.16 Å². The third-order valence-electron chi connectivity index (χ3n) is 3.53. The Morgan fingerprint density at radius 3 is 2.68 bits per heavy atom. The van der Waals surface area contributed by atoms with Crippen molar-refractivity contribution in [2.75, 3.05) is 42.3 Å². The maximum absolute atomic E-state index is 11.0. The average molecular weight is 360 g/mol. The number of rotatable bonds is 7. The molecule has 0 radical (unpaired) electrons. The largest absolute Gasteiger partial charge is 0.378 e. The van der Waals surface area contributed by atoms with Crippen LogP contribution in [0.2, 0.25) is 0 Å². The van der Waals surface area contributed by atoms with Crippen molar-refractivity contribution in [3.8, 4) is 0 Å². The highest BCUT2D eigenvalue weighted by atomic mass is 32.2. The Labute approximate surface area is 150 Å². The monoisotopic (exact) mass is 360 g/mol. The molecule has 1 aliphatic heterocycles. The molecule has 1 aromatic carbocycles. The van der Waals surface area contributed by atoms with Gasteiger partial charge in [-0.25, -0.2) is 0 Å². The number of anilines is 2. The third-order valence-corrected chi connectivity index (χ3v) is 4.40. The molecule has 25 heavy (non-hydrogen) atoms. The predicted octanol–water partition coefficient (Wildman–Crippen LogP) is 0.898. The summed E-state index contributed by atoms with van der Waals surface area (Å²) in [5.74, 6) is 0.787. The fourth-order valence-electron chi connectivity index (χ4n) is 2.31. The van der Waals surface area contributed by atoms with E-state index < -0.39 is 5.91 Å². The van der Waals surface area contributed by atoms with Crippen molar-refractivity contribution < 1.29 is 9.53 Å². The topological polar surface area (TPSA) is 106 Å². The fraction of sp³-hybridized carbons (Fsp3) is 0.375. The summed E-state index contributed by atoms with van der Waals surface area (Å²) in [6, 6.07) is 10.00. The predicted molar refractivity (Wildman–Crippen MR) is 96.5 cm³/mol. The molecule has 1 saturated heterocycles. The van der Waals surface area contributed by atoms with Gasteiger partial charge in [0.25, 0.3) is 0 Å². The highest BCUT2D eigenvalue weighted by Crippen LogP contribution is 2.19. The Morgan fingerprint density at radius 1 is 1.20 bits per heavy atom. The van der Waals surface area contributed by atoms with Gasteiger partial charge >= 0.3 is 0 Å². The maximum atomic E-state index is 11.0. The highest BCUT2D eigenvalue weighted by Gasteiger charge is 2.17. The first-order valence-corrected chi connectivity index (χ1v) is 8.97. The van der Waals surface area contributed by atoms with Gasteiger partial charge < -0.3 is 20.7 Å². The van der Waals surface area contributed by atoms with E-state index in [1.165, 1.54) is 11.8 Å². The minimum absolute atomic E-state index is 0.130. The number of nitrogens with one attached hydrogen (secondary N) is 1. The molecule has 0 saturated carbocycles. The van der Waals surface area contributed by atoms with Crippen molar-refractivity contribution in [3.63, 3.8) is 0 Å². The second-order valence-electron chi connectivity index (χ2n) is 5.44. The van der Waals surface area contributed by atoms with Crippen molar-refractivity contribution >= 4 is 29.6 Å². The number of aromatic nitrogens is 3. The standard InChI is InChI=1S/C16H20N6O2S/c17-13(23)11-25-16-20-14(18-10-12-4-2-1-3-5-12)19-15(21-16)22-6-8-24-9-7-22/h1-5H,6-11H2,(H2,17,23)(H,18,19,20,21). The molecule has 1 fully saturated rings. The van der Waals surface area contributed by atoms with Gasteiger partial charge in [0.1, 0.15) is 0 Å². The van der Waals surface area contributed by atoms with Crippen LogP contribution in [-0.4, -0.2) is 52.9 Å². The van der Waals surface area contributed by atoms with Gasteiger partial charge in [0.05, 0.1) is 19.0 Å². The molecule has 8 nitrogen and oxygen atoms in total. The molecule has 3 rings (SSSR count). The second kappa shape index (κ2) is 8.63. The first kappa shape index (κ1) is 17.4. The van der Waals surface area contributed by atoms with Crippen molar-refractivity contribution in [1.29, 1.82) is 0 Å². The zero-order valence-corrected chi connectivity index (χ0v) is 14.5. The third kappa shape index (κ3) is 5.30. The quantitative estimate of drug-likeness (QED) is 0.702. The lowest BCUT2D eigenvalue weighted by Crippen LogP contribution is -2.37. The number of nitrogens with zero attached hydrogens (tertiary/aromatic N) is 4. The van der Waals surface area contributed by atoms with Crippen molar-refractivity contribution in [1.82, 2.24) is 15.0 Å². The van der Waals surface area contributed by atoms with E-state index in [9.17, 15) is 4.79 Å². The molecule has 3 N–H and O–H groups in total. The molecule has 0 spiro atoms. The van der Waals surface area contributed by atoms with Gasteiger partial charge in [0, 0.05) is 19.6 Å².